The summed E-state index contributed by atoms with van der Waals surface area (Å²) in [6, 6.07) is 14.0. The van der Waals surface area contributed by atoms with E-state index in [0.29, 0.717) is 23.4 Å². The fourth-order valence-electron chi connectivity index (χ4n) is 4.56. The van der Waals surface area contributed by atoms with Crippen LogP contribution in [-0.4, -0.2) is 58.0 Å². The minimum atomic E-state index is -4.32. The van der Waals surface area contributed by atoms with Gasteiger partial charge in [-0.2, -0.15) is 0 Å². The lowest BCUT2D eigenvalue weighted by molar-refractivity contribution is -0.139. The number of hydrogen-bond acceptors (Lipinski definition) is 6. The summed E-state index contributed by atoms with van der Waals surface area (Å²) in [6.07, 6.45) is 0.689. The first-order valence-corrected chi connectivity index (χ1v) is 15.4. The van der Waals surface area contributed by atoms with Crippen LogP contribution in [0.3, 0.4) is 0 Å². The molecule has 11 heteroatoms. The highest BCUT2D eigenvalue weighted by atomic mass is 32.2. The number of hydrogen-bond donors (Lipinski definition) is 1. The summed E-state index contributed by atoms with van der Waals surface area (Å²) in [5, 5.41) is 2.89. The Morgan fingerprint density at radius 2 is 1.51 bits per heavy atom. The normalized spacial score (nSPS) is 12.7. The molecule has 2 amide bonds. The summed E-state index contributed by atoms with van der Waals surface area (Å²) in [5.41, 5.74) is 2.48. The molecule has 0 aliphatic rings. The summed E-state index contributed by atoms with van der Waals surface area (Å²) >= 11 is 0. The van der Waals surface area contributed by atoms with E-state index in [2.05, 4.69) is 5.32 Å². The molecule has 3 rings (SSSR count). The third kappa shape index (κ3) is 8.25. The molecule has 0 heterocycles. The molecule has 232 valence electrons. The molecule has 0 spiro atoms. The van der Waals surface area contributed by atoms with Crippen LogP contribution in [0.1, 0.15) is 43.9 Å². The Morgan fingerprint density at radius 3 is 2.07 bits per heavy atom. The zero-order chi connectivity index (χ0) is 31.9. The lowest BCUT2D eigenvalue weighted by Gasteiger charge is -2.32. The molecule has 0 bridgehead atoms. The Bertz CT molecular complexity index is 1520. The minimum absolute atomic E-state index is 0.0364. The number of ether oxygens (including phenoxy) is 2. The number of carbonyl (C=O) groups is 2. The number of nitrogens with one attached hydrogen (secondary N) is 1. The van der Waals surface area contributed by atoms with Crippen LogP contribution in [0.15, 0.2) is 65.6 Å². The van der Waals surface area contributed by atoms with Crippen molar-refractivity contribution in [2.24, 2.45) is 0 Å². The van der Waals surface area contributed by atoms with Gasteiger partial charge >= 0.3 is 0 Å². The number of amides is 2. The summed E-state index contributed by atoms with van der Waals surface area (Å²) in [5.74, 6) is -0.873. The van der Waals surface area contributed by atoms with E-state index >= 15 is 0 Å². The van der Waals surface area contributed by atoms with E-state index in [4.69, 9.17) is 9.47 Å². The predicted octanol–water partition coefficient (Wildman–Crippen LogP) is 4.99. The Labute approximate surface area is 253 Å². The standard InChI is InChI=1S/C32H40FN3O6S/c1-8-23(4)34-32(38)24(5)35(19-25-9-11-26(33)12-10-25)31(37)20-36(27-16-21(2)15-22(3)17-27)43(39,40)28-13-14-29(41-6)30(18-28)42-7/h9-18,23-24H,8,19-20H2,1-7H3,(H,34,38)/t23-,24-/m0/s1. The number of anilines is 1. The molecule has 3 aromatic carbocycles. The largest absolute Gasteiger partial charge is 0.493 e. The molecule has 9 nitrogen and oxygen atoms in total. The third-order valence-corrected chi connectivity index (χ3v) is 8.92. The third-order valence-electron chi connectivity index (χ3n) is 7.15. The van der Waals surface area contributed by atoms with Gasteiger partial charge < -0.3 is 19.7 Å². The maximum absolute atomic E-state index is 14.2. The van der Waals surface area contributed by atoms with E-state index in [1.165, 1.54) is 61.6 Å². The molecule has 0 aromatic heterocycles. The lowest BCUT2D eigenvalue weighted by atomic mass is 10.1. The summed E-state index contributed by atoms with van der Waals surface area (Å²) < 4.78 is 53.7. The van der Waals surface area contributed by atoms with Crippen LogP contribution in [0, 0.1) is 19.7 Å². The molecule has 3 aromatic rings. The smallest absolute Gasteiger partial charge is 0.264 e. The average Bonchev–Trinajstić information content (AvgIpc) is 2.97. The zero-order valence-electron chi connectivity index (χ0n) is 25.7. The van der Waals surface area contributed by atoms with Crippen molar-refractivity contribution >= 4 is 27.5 Å². The number of rotatable bonds is 13. The van der Waals surface area contributed by atoms with Gasteiger partial charge in [-0.3, -0.25) is 13.9 Å². The van der Waals surface area contributed by atoms with Crippen LogP contribution in [-0.2, 0) is 26.2 Å². The predicted molar refractivity (Wildman–Crippen MR) is 164 cm³/mol. The van der Waals surface area contributed by atoms with Crippen molar-refractivity contribution in [2.75, 3.05) is 25.1 Å². The van der Waals surface area contributed by atoms with Crippen molar-refractivity contribution in [3.63, 3.8) is 0 Å². The molecule has 1 N–H and O–H groups in total. The van der Waals surface area contributed by atoms with E-state index in [1.54, 1.807) is 19.1 Å². The molecule has 2 atom stereocenters. The molecule has 0 unspecified atom stereocenters. The number of carbonyl (C=O) groups excluding carboxylic acids is 2. The van der Waals surface area contributed by atoms with Gasteiger partial charge in [0.15, 0.2) is 11.5 Å². The fourth-order valence-corrected chi connectivity index (χ4v) is 5.98. The minimum Gasteiger partial charge on any atom is -0.493 e. The average molecular weight is 614 g/mol. The maximum Gasteiger partial charge on any atom is 0.264 e. The van der Waals surface area contributed by atoms with E-state index < -0.39 is 34.3 Å². The van der Waals surface area contributed by atoms with E-state index in [1.807, 2.05) is 33.8 Å². The quantitative estimate of drug-likeness (QED) is 0.291. The lowest BCUT2D eigenvalue weighted by Crippen LogP contribution is -2.52. The highest BCUT2D eigenvalue weighted by Crippen LogP contribution is 2.33. The molecular formula is C32H40FN3O6S. The molecule has 0 saturated heterocycles. The Hall–Kier alpha value is -4.12. The molecule has 0 radical (unpaired) electrons. The van der Waals surface area contributed by atoms with Gasteiger partial charge in [-0.05, 0) is 87.2 Å². The number of methoxy groups -OCH3 is 2. The van der Waals surface area contributed by atoms with Gasteiger partial charge in [-0.25, -0.2) is 12.8 Å². The van der Waals surface area contributed by atoms with E-state index in [0.717, 1.165) is 15.4 Å². The first-order chi connectivity index (χ1) is 20.3. The van der Waals surface area contributed by atoms with Crippen LogP contribution >= 0.6 is 0 Å². The highest BCUT2D eigenvalue weighted by molar-refractivity contribution is 7.92. The Balaban J connectivity index is 2.10. The first kappa shape index (κ1) is 33.4. The van der Waals surface area contributed by atoms with Gasteiger partial charge in [0.1, 0.15) is 18.4 Å². The number of sulfonamides is 1. The van der Waals surface area contributed by atoms with Crippen LogP contribution in [0.25, 0.3) is 0 Å². The van der Waals surface area contributed by atoms with Gasteiger partial charge in [0.2, 0.25) is 11.8 Å². The number of halogens is 1. The number of benzene rings is 3. The second kappa shape index (κ2) is 14.4. The molecule has 0 aliphatic carbocycles. The van der Waals surface area contributed by atoms with E-state index in [9.17, 15) is 22.4 Å². The van der Waals surface area contributed by atoms with Crippen LogP contribution in [0.5, 0.6) is 11.5 Å². The van der Waals surface area contributed by atoms with Crippen molar-refractivity contribution in [1.82, 2.24) is 10.2 Å². The van der Waals surface area contributed by atoms with Crippen LogP contribution in [0.4, 0.5) is 10.1 Å². The van der Waals surface area contributed by atoms with E-state index in [-0.39, 0.29) is 29.1 Å². The molecule has 0 fully saturated rings. The zero-order valence-corrected chi connectivity index (χ0v) is 26.5. The summed E-state index contributed by atoms with van der Waals surface area (Å²) in [7, 11) is -1.47. The SMILES string of the molecule is CC[C@H](C)NC(=O)[C@H](C)N(Cc1ccc(F)cc1)C(=O)CN(c1cc(C)cc(C)c1)S(=O)(=O)c1ccc(OC)c(OC)c1. The van der Waals surface area contributed by atoms with Crippen molar-refractivity contribution < 1.29 is 31.9 Å². The van der Waals surface area contributed by atoms with Gasteiger partial charge in [0.05, 0.1) is 24.8 Å². The van der Waals surface area contributed by atoms with Gasteiger partial charge in [-0.1, -0.05) is 25.1 Å². The maximum atomic E-state index is 14.2. The van der Waals surface area contributed by atoms with Gasteiger partial charge in [0, 0.05) is 18.7 Å². The van der Waals surface area contributed by atoms with Crippen molar-refractivity contribution in [3.05, 3.63) is 83.2 Å². The summed E-state index contributed by atoms with van der Waals surface area (Å²) in [4.78, 5) is 28.5. The van der Waals surface area contributed by atoms with Gasteiger partial charge in [-0.15, -0.1) is 0 Å². The van der Waals surface area contributed by atoms with Crippen LogP contribution < -0.4 is 19.1 Å². The van der Waals surface area contributed by atoms with Crippen LogP contribution in [0.2, 0.25) is 0 Å². The number of aryl methyl sites for hydroxylation is 2. The molecule has 0 saturated carbocycles. The molecule has 0 aliphatic heterocycles. The Morgan fingerprint density at radius 1 is 0.907 bits per heavy atom. The van der Waals surface area contributed by atoms with Crippen molar-refractivity contribution in [3.8, 4) is 11.5 Å². The van der Waals surface area contributed by atoms with Crippen molar-refractivity contribution in [2.45, 2.75) is 64.6 Å². The van der Waals surface area contributed by atoms with Crippen molar-refractivity contribution in [1.29, 1.82) is 0 Å². The molecule has 43 heavy (non-hydrogen) atoms. The summed E-state index contributed by atoms with van der Waals surface area (Å²) in [6.45, 7) is 8.41. The van der Waals surface area contributed by atoms with Gasteiger partial charge in [0.25, 0.3) is 10.0 Å². The first-order valence-electron chi connectivity index (χ1n) is 14.0. The topological polar surface area (TPSA) is 105 Å². The highest BCUT2D eigenvalue weighted by Gasteiger charge is 2.33. The fraction of sp³-hybridized carbons (Fsp3) is 0.375. The number of nitrogens with zero attached hydrogens (tertiary/aromatic N) is 2. The molecular weight excluding hydrogens is 573 g/mol. The Kier molecular flexibility index (Phi) is 11.2. The second-order valence-corrected chi connectivity index (χ2v) is 12.4. The monoisotopic (exact) mass is 613 g/mol. The second-order valence-electron chi connectivity index (χ2n) is 10.5.